The van der Waals surface area contributed by atoms with Crippen LogP contribution in [0, 0.1) is 18.8 Å². The Morgan fingerprint density at radius 2 is 1.78 bits per heavy atom. The first-order valence-electron chi connectivity index (χ1n) is 9.17. The summed E-state index contributed by atoms with van der Waals surface area (Å²) in [6.45, 7) is 13.2. The zero-order valence-corrected chi connectivity index (χ0v) is 15.6. The van der Waals surface area contributed by atoms with Gasteiger partial charge in [-0.1, -0.05) is 45.9 Å². The van der Waals surface area contributed by atoms with E-state index < -0.39 is 0 Å². The molecule has 1 aliphatic rings. The lowest BCUT2D eigenvalue weighted by molar-refractivity contribution is 0.318. The van der Waals surface area contributed by atoms with Gasteiger partial charge in [0.15, 0.2) is 0 Å². The van der Waals surface area contributed by atoms with Gasteiger partial charge in [-0.25, -0.2) is 0 Å². The molecular formula is C21H34N2. The Bertz CT molecular complexity index is 542. The number of nitrogens with zero attached hydrogens (tertiary/aromatic N) is 1. The van der Waals surface area contributed by atoms with Crippen LogP contribution in [0.4, 0.5) is 0 Å². The van der Waals surface area contributed by atoms with Crippen LogP contribution in [0.2, 0.25) is 0 Å². The molecule has 2 aromatic rings. The zero-order chi connectivity index (χ0) is 17.1. The van der Waals surface area contributed by atoms with Gasteiger partial charge in [-0.15, -0.1) is 0 Å². The number of nitrogens with one attached hydrogen (secondary N) is 1. The van der Waals surface area contributed by atoms with E-state index in [0.717, 1.165) is 17.4 Å². The maximum absolute atomic E-state index is 4.28. The Hall–Kier alpha value is -1.41. The summed E-state index contributed by atoms with van der Waals surface area (Å²) in [4.78, 5) is 4.28. The summed E-state index contributed by atoms with van der Waals surface area (Å²) in [6.07, 6.45) is 6.13. The summed E-state index contributed by atoms with van der Waals surface area (Å²) in [6, 6.07) is 10.3. The Labute approximate surface area is 142 Å². The van der Waals surface area contributed by atoms with E-state index in [1.165, 1.54) is 43.3 Å². The lowest BCUT2D eigenvalue weighted by Gasteiger charge is -2.23. The minimum absolute atomic E-state index is 0.892. The second-order valence-electron chi connectivity index (χ2n) is 6.53. The minimum atomic E-state index is 0.892. The van der Waals surface area contributed by atoms with Crippen LogP contribution in [0.15, 0.2) is 36.5 Å². The monoisotopic (exact) mass is 314 g/mol. The van der Waals surface area contributed by atoms with Crippen molar-refractivity contribution in [2.75, 3.05) is 13.1 Å². The summed E-state index contributed by atoms with van der Waals surface area (Å²) in [5.74, 6) is 1.91. The van der Waals surface area contributed by atoms with E-state index >= 15 is 0 Å². The highest BCUT2D eigenvalue weighted by molar-refractivity contribution is 5.78. The number of fused-ring (bicyclic) bond motifs is 1. The van der Waals surface area contributed by atoms with Gasteiger partial charge in [-0.05, 0) is 68.8 Å². The molecule has 1 aromatic heterocycles. The summed E-state index contributed by atoms with van der Waals surface area (Å²) in [5, 5.41) is 4.60. The molecule has 0 amide bonds. The maximum atomic E-state index is 4.28. The van der Waals surface area contributed by atoms with Crippen molar-refractivity contribution in [2.45, 2.75) is 53.9 Å². The molecule has 1 saturated heterocycles. The van der Waals surface area contributed by atoms with Crippen LogP contribution in [-0.2, 0) is 0 Å². The van der Waals surface area contributed by atoms with Gasteiger partial charge >= 0.3 is 0 Å². The molecule has 128 valence electrons. The fraction of sp³-hybridized carbons (Fsp3) is 0.571. The standard InChI is InChI=1S/C10H9N.C9H19N.C2H6/c1-8-6-9-4-2-3-5-10(9)11-7-8;1-8(2)7-9-3-5-10-6-4-9;1-2/h2-7H,1H3;8-10H,3-7H2,1-2H3;1-2H3. The molecular weight excluding hydrogens is 280 g/mol. The van der Waals surface area contributed by atoms with Crippen molar-refractivity contribution in [1.29, 1.82) is 0 Å². The Morgan fingerprint density at radius 3 is 2.43 bits per heavy atom. The predicted octanol–water partition coefficient (Wildman–Crippen LogP) is 5.60. The number of para-hydroxylation sites is 1. The van der Waals surface area contributed by atoms with Gasteiger partial charge in [0.2, 0.25) is 0 Å². The van der Waals surface area contributed by atoms with Crippen LogP contribution >= 0.6 is 0 Å². The van der Waals surface area contributed by atoms with E-state index in [1.54, 1.807) is 0 Å². The number of hydrogen-bond donors (Lipinski definition) is 1. The lowest BCUT2D eigenvalue weighted by Crippen LogP contribution is -2.28. The van der Waals surface area contributed by atoms with Crippen molar-refractivity contribution < 1.29 is 0 Å². The van der Waals surface area contributed by atoms with Gasteiger partial charge in [0.25, 0.3) is 0 Å². The van der Waals surface area contributed by atoms with E-state index in [1.807, 2.05) is 38.2 Å². The van der Waals surface area contributed by atoms with E-state index in [2.05, 4.69) is 43.2 Å². The highest BCUT2D eigenvalue weighted by atomic mass is 14.9. The van der Waals surface area contributed by atoms with Crippen molar-refractivity contribution in [3.63, 3.8) is 0 Å². The number of rotatable bonds is 2. The number of piperidine rings is 1. The van der Waals surface area contributed by atoms with Gasteiger partial charge in [0.1, 0.15) is 0 Å². The van der Waals surface area contributed by atoms with Gasteiger partial charge in [0, 0.05) is 11.6 Å². The van der Waals surface area contributed by atoms with Crippen molar-refractivity contribution >= 4 is 10.9 Å². The molecule has 0 unspecified atom stereocenters. The van der Waals surface area contributed by atoms with Crippen LogP contribution in [0.1, 0.15) is 52.5 Å². The minimum Gasteiger partial charge on any atom is -0.317 e. The van der Waals surface area contributed by atoms with Gasteiger partial charge in [-0.2, -0.15) is 0 Å². The first-order valence-corrected chi connectivity index (χ1v) is 9.17. The number of aryl methyl sites for hydroxylation is 1. The van der Waals surface area contributed by atoms with Gasteiger partial charge in [-0.3, -0.25) is 4.98 Å². The van der Waals surface area contributed by atoms with Crippen molar-refractivity contribution in [3.8, 4) is 0 Å². The average Bonchev–Trinajstić information content (AvgIpc) is 2.57. The third-order valence-electron chi connectivity index (χ3n) is 3.99. The SMILES string of the molecule is CC.CC(C)CC1CCNCC1.Cc1cnc2ccccc2c1. The fourth-order valence-corrected chi connectivity index (χ4v) is 2.97. The van der Waals surface area contributed by atoms with Crippen molar-refractivity contribution in [3.05, 3.63) is 42.1 Å². The number of pyridine rings is 1. The van der Waals surface area contributed by atoms with Crippen LogP contribution in [0.25, 0.3) is 10.9 Å². The van der Waals surface area contributed by atoms with Gasteiger partial charge < -0.3 is 5.32 Å². The Kier molecular flexibility index (Phi) is 9.54. The van der Waals surface area contributed by atoms with E-state index in [4.69, 9.17) is 0 Å². The molecule has 0 atom stereocenters. The smallest absolute Gasteiger partial charge is 0.0702 e. The van der Waals surface area contributed by atoms with E-state index in [9.17, 15) is 0 Å². The average molecular weight is 315 g/mol. The Balaban J connectivity index is 0.000000209. The van der Waals surface area contributed by atoms with E-state index in [-0.39, 0.29) is 0 Å². The zero-order valence-electron chi connectivity index (χ0n) is 15.6. The molecule has 3 rings (SSSR count). The van der Waals surface area contributed by atoms with Crippen LogP contribution in [0.5, 0.6) is 0 Å². The van der Waals surface area contributed by atoms with Crippen LogP contribution in [0.3, 0.4) is 0 Å². The first kappa shape index (κ1) is 19.6. The largest absolute Gasteiger partial charge is 0.317 e. The molecule has 0 bridgehead atoms. The third-order valence-corrected chi connectivity index (χ3v) is 3.99. The molecule has 1 aliphatic heterocycles. The molecule has 23 heavy (non-hydrogen) atoms. The second-order valence-corrected chi connectivity index (χ2v) is 6.53. The molecule has 1 fully saturated rings. The number of aromatic nitrogens is 1. The number of benzene rings is 1. The summed E-state index contributed by atoms with van der Waals surface area (Å²) < 4.78 is 0. The first-order chi connectivity index (χ1) is 11.1. The molecule has 2 heteroatoms. The molecule has 0 radical (unpaired) electrons. The topological polar surface area (TPSA) is 24.9 Å². The predicted molar refractivity (Wildman–Crippen MR) is 103 cm³/mol. The Morgan fingerprint density at radius 1 is 1.13 bits per heavy atom. The molecule has 2 nitrogen and oxygen atoms in total. The second kappa shape index (κ2) is 11.2. The fourth-order valence-electron chi connectivity index (χ4n) is 2.97. The van der Waals surface area contributed by atoms with Crippen LogP contribution < -0.4 is 5.32 Å². The summed E-state index contributed by atoms with van der Waals surface area (Å²) >= 11 is 0. The molecule has 0 saturated carbocycles. The molecule has 1 aromatic carbocycles. The van der Waals surface area contributed by atoms with Crippen molar-refractivity contribution in [1.82, 2.24) is 10.3 Å². The molecule has 0 spiro atoms. The van der Waals surface area contributed by atoms with E-state index in [0.29, 0.717) is 0 Å². The molecule has 1 N–H and O–H groups in total. The van der Waals surface area contributed by atoms with Crippen molar-refractivity contribution in [2.24, 2.45) is 11.8 Å². The maximum Gasteiger partial charge on any atom is 0.0702 e. The molecule has 2 heterocycles. The lowest BCUT2D eigenvalue weighted by atomic mass is 9.89. The highest BCUT2D eigenvalue weighted by Gasteiger charge is 2.13. The quantitative estimate of drug-likeness (QED) is 0.780. The van der Waals surface area contributed by atoms with Crippen LogP contribution in [-0.4, -0.2) is 18.1 Å². The van der Waals surface area contributed by atoms with Gasteiger partial charge in [0.05, 0.1) is 5.52 Å². The summed E-state index contributed by atoms with van der Waals surface area (Å²) in [5.41, 5.74) is 2.28. The highest BCUT2D eigenvalue weighted by Crippen LogP contribution is 2.20. The third kappa shape index (κ3) is 7.60. The normalized spacial score (nSPS) is 14.7. The summed E-state index contributed by atoms with van der Waals surface area (Å²) in [7, 11) is 0. The molecule has 0 aliphatic carbocycles. The number of hydrogen-bond acceptors (Lipinski definition) is 2.